The molecule has 1 amide bonds. The van der Waals surface area contributed by atoms with Crippen molar-refractivity contribution in [2.75, 3.05) is 46.8 Å². The van der Waals surface area contributed by atoms with E-state index in [0.717, 1.165) is 52.0 Å². The minimum Gasteiger partial charge on any atom is -0.347 e. The smallest absolute Gasteiger partial charge is 0.239 e. The predicted molar refractivity (Wildman–Crippen MR) is 83.7 cm³/mol. The number of nitrogens with two attached hydrogens (primary N) is 1. The van der Waals surface area contributed by atoms with Gasteiger partial charge in [-0.1, -0.05) is 6.92 Å². The minimum atomic E-state index is -0.0143. The largest absolute Gasteiger partial charge is 0.347 e. The number of carbonyl (C=O) groups excluding carboxylic acids is 1. The lowest BCUT2D eigenvalue weighted by Gasteiger charge is -2.31. The molecule has 1 rings (SSSR count). The van der Waals surface area contributed by atoms with Crippen LogP contribution in [0.1, 0.15) is 33.1 Å². The van der Waals surface area contributed by atoms with Crippen molar-refractivity contribution in [2.24, 2.45) is 5.73 Å². The molecule has 1 fully saturated rings. The number of nitrogens with zero attached hydrogens (tertiary/aromatic N) is 3. The van der Waals surface area contributed by atoms with Gasteiger partial charge in [0.25, 0.3) is 0 Å². The van der Waals surface area contributed by atoms with Gasteiger partial charge < -0.3 is 10.6 Å². The number of carbonyl (C=O) groups is 1. The molecule has 5 heteroatoms. The van der Waals surface area contributed by atoms with E-state index in [1.54, 1.807) is 4.90 Å². The van der Waals surface area contributed by atoms with Gasteiger partial charge in [-0.25, -0.2) is 0 Å². The minimum absolute atomic E-state index is 0.0143. The molecule has 118 valence electrons. The molecule has 5 nitrogen and oxygen atoms in total. The van der Waals surface area contributed by atoms with Gasteiger partial charge in [-0.3, -0.25) is 14.6 Å². The summed E-state index contributed by atoms with van der Waals surface area (Å²) < 4.78 is 0. The maximum absolute atomic E-state index is 12.1. The molecule has 0 bridgehead atoms. The van der Waals surface area contributed by atoms with Gasteiger partial charge in [-0.05, 0) is 39.3 Å². The highest BCUT2D eigenvalue weighted by Crippen LogP contribution is 2.14. The Morgan fingerprint density at radius 1 is 1.20 bits per heavy atom. The molecule has 0 aromatic rings. The van der Waals surface area contributed by atoms with Gasteiger partial charge in [0.15, 0.2) is 0 Å². The second-order valence-electron chi connectivity index (χ2n) is 5.97. The fraction of sp³-hybridized carbons (Fsp3) is 0.933. The van der Waals surface area contributed by atoms with Crippen LogP contribution < -0.4 is 5.73 Å². The quantitative estimate of drug-likeness (QED) is 0.776. The molecule has 0 saturated carbocycles. The molecule has 1 saturated heterocycles. The standard InChI is InChI=1S/C15H32N4O/c1-5-14(7-8-16)19-10-6-9-18(11-12-19)13(2)15(20)17(3)4/h13-14H,5-12,16H2,1-4H3. The lowest BCUT2D eigenvalue weighted by molar-refractivity contribution is -0.133. The predicted octanol–water partition coefficient (Wildman–Crippen LogP) is 0.598. The van der Waals surface area contributed by atoms with Crippen LogP contribution in [-0.2, 0) is 4.79 Å². The second kappa shape index (κ2) is 8.60. The van der Waals surface area contributed by atoms with Crippen molar-refractivity contribution in [3.05, 3.63) is 0 Å². The van der Waals surface area contributed by atoms with E-state index in [4.69, 9.17) is 5.73 Å². The lowest BCUT2D eigenvalue weighted by atomic mass is 10.1. The van der Waals surface area contributed by atoms with Crippen LogP contribution in [0.2, 0.25) is 0 Å². The van der Waals surface area contributed by atoms with Crippen molar-refractivity contribution in [1.29, 1.82) is 0 Å². The molecular weight excluding hydrogens is 252 g/mol. The first-order chi connectivity index (χ1) is 9.51. The zero-order chi connectivity index (χ0) is 15.1. The summed E-state index contributed by atoms with van der Waals surface area (Å²) in [4.78, 5) is 18.6. The summed E-state index contributed by atoms with van der Waals surface area (Å²) in [5, 5.41) is 0. The Bertz CT molecular complexity index is 296. The maximum Gasteiger partial charge on any atom is 0.239 e. The van der Waals surface area contributed by atoms with Crippen molar-refractivity contribution < 1.29 is 4.79 Å². The van der Waals surface area contributed by atoms with Crippen molar-refractivity contribution in [3.8, 4) is 0 Å². The molecule has 0 aliphatic carbocycles. The first kappa shape index (κ1) is 17.4. The third-order valence-corrected chi connectivity index (χ3v) is 4.40. The van der Waals surface area contributed by atoms with Gasteiger partial charge in [0.05, 0.1) is 6.04 Å². The SMILES string of the molecule is CCC(CCN)N1CCCN(C(C)C(=O)N(C)C)CC1. The van der Waals surface area contributed by atoms with Crippen LogP contribution >= 0.6 is 0 Å². The molecule has 1 aliphatic heterocycles. The van der Waals surface area contributed by atoms with Crippen LogP contribution in [0, 0.1) is 0 Å². The number of likely N-dealkylation sites (N-methyl/N-ethyl adjacent to an activating group) is 1. The van der Waals surface area contributed by atoms with E-state index in [1.807, 2.05) is 21.0 Å². The monoisotopic (exact) mass is 284 g/mol. The van der Waals surface area contributed by atoms with Crippen molar-refractivity contribution in [2.45, 2.75) is 45.2 Å². The molecule has 1 aliphatic rings. The molecule has 0 spiro atoms. The van der Waals surface area contributed by atoms with Gasteiger partial charge in [0.1, 0.15) is 0 Å². The van der Waals surface area contributed by atoms with Crippen molar-refractivity contribution in [1.82, 2.24) is 14.7 Å². The zero-order valence-electron chi connectivity index (χ0n) is 13.6. The summed E-state index contributed by atoms with van der Waals surface area (Å²) in [6.07, 6.45) is 3.36. The normalized spacial score (nSPS) is 21.2. The zero-order valence-corrected chi connectivity index (χ0v) is 13.6. The second-order valence-corrected chi connectivity index (χ2v) is 5.97. The summed E-state index contributed by atoms with van der Waals surface area (Å²) in [5.41, 5.74) is 5.71. The Labute approximate surface area is 124 Å². The van der Waals surface area contributed by atoms with Gasteiger partial charge in [0, 0.05) is 39.8 Å². The van der Waals surface area contributed by atoms with E-state index < -0.39 is 0 Å². The van der Waals surface area contributed by atoms with Crippen LogP contribution in [0.5, 0.6) is 0 Å². The number of hydrogen-bond donors (Lipinski definition) is 1. The summed E-state index contributed by atoms with van der Waals surface area (Å²) in [6, 6.07) is 0.583. The number of rotatable bonds is 6. The third-order valence-electron chi connectivity index (χ3n) is 4.40. The van der Waals surface area contributed by atoms with Crippen LogP contribution in [0.3, 0.4) is 0 Å². The van der Waals surface area contributed by atoms with Crippen LogP contribution in [-0.4, -0.2) is 79.5 Å². The van der Waals surface area contributed by atoms with E-state index in [2.05, 4.69) is 16.7 Å². The highest BCUT2D eigenvalue weighted by atomic mass is 16.2. The van der Waals surface area contributed by atoms with Gasteiger partial charge in [0.2, 0.25) is 5.91 Å². The first-order valence-corrected chi connectivity index (χ1v) is 7.90. The number of hydrogen-bond acceptors (Lipinski definition) is 4. The molecule has 2 atom stereocenters. The molecule has 0 aromatic carbocycles. The Kier molecular flexibility index (Phi) is 7.48. The third kappa shape index (κ3) is 4.72. The summed E-state index contributed by atoms with van der Waals surface area (Å²) in [6.45, 7) is 9.17. The molecular formula is C15H32N4O. The summed E-state index contributed by atoms with van der Waals surface area (Å²) in [7, 11) is 3.66. The Balaban J connectivity index is 2.56. The molecule has 0 aromatic heterocycles. The summed E-state index contributed by atoms with van der Waals surface area (Å²) in [5.74, 6) is 0.201. The fourth-order valence-corrected chi connectivity index (χ4v) is 3.08. The highest BCUT2D eigenvalue weighted by Gasteiger charge is 2.26. The summed E-state index contributed by atoms with van der Waals surface area (Å²) >= 11 is 0. The van der Waals surface area contributed by atoms with E-state index in [9.17, 15) is 4.79 Å². The van der Waals surface area contributed by atoms with Crippen molar-refractivity contribution in [3.63, 3.8) is 0 Å². The Morgan fingerprint density at radius 3 is 2.35 bits per heavy atom. The lowest BCUT2D eigenvalue weighted by Crippen LogP contribution is -2.46. The fourth-order valence-electron chi connectivity index (χ4n) is 3.08. The van der Waals surface area contributed by atoms with Crippen LogP contribution in [0.15, 0.2) is 0 Å². The van der Waals surface area contributed by atoms with Crippen LogP contribution in [0.25, 0.3) is 0 Å². The average Bonchev–Trinajstić information content (AvgIpc) is 2.68. The van der Waals surface area contributed by atoms with Gasteiger partial charge in [-0.15, -0.1) is 0 Å². The van der Waals surface area contributed by atoms with E-state index in [1.165, 1.54) is 0 Å². The topological polar surface area (TPSA) is 52.8 Å². The molecule has 1 heterocycles. The number of amides is 1. The van der Waals surface area contributed by atoms with Crippen LogP contribution in [0.4, 0.5) is 0 Å². The first-order valence-electron chi connectivity index (χ1n) is 7.90. The Morgan fingerprint density at radius 2 is 1.80 bits per heavy atom. The Hall–Kier alpha value is -0.650. The van der Waals surface area contributed by atoms with E-state index in [0.29, 0.717) is 6.04 Å². The molecule has 2 N–H and O–H groups in total. The van der Waals surface area contributed by atoms with Gasteiger partial charge >= 0.3 is 0 Å². The van der Waals surface area contributed by atoms with Gasteiger partial charge in [-0.2, -0.15) is 0 Å². The van der Waals surface area contributed by atoms with E-state index >= 15 is 0 Å². The molecule has 2 unspecified atom stereocenters. The molecule has 0 radical (unpaired) electrons. The highest BCUT2D eigenvalue weighted by molar-refractivity contribution is 5.80. The average molecular weight is 284 g/mol. The van der Waals surface area contributed by atoms with E-state index in [-0.39, 0.29) is 11.9 Å². The maximum atomic E-state index is 12.1. The molecule has 20 heavy (non-hydrogen) atoms. The van der Waals surface area contributed by atoms with Crippen molar-refractivity contribution >= 4 is 5.91 Å².